The smallest absolute Gasteiger partial charge is 0.114 e. The number of rotatable bonds is 2. The van der Waals surface area contributed by atoms with Crippen molar-refractivity contribution in [1.82, 2.24) is 0 Å². The molecule has 0 aromatic heterocycles. The quantitative estimate of drug-likeness (QED) is 0.593. The Morgan fingerprint density at radius 3 is 1.40 bits per heavy atom. The van der Waals surface area contributed by atoms with E-state index < -0.39 is 8.07 Å². The average molecular weight is 162 g/mol. The molecule has 0 aromatic rings. The predicted molar refractivity (Wildman–Crippen MR) is 45.5 cm³/mol. The molecule has 2 nitrogen and oxygen atoms in total. The molecule has 0 rings (SSSR count). The van der Waals surface area contributed by atoms with Gasteiger partial charge in [0.2, 0.25) is 0 Å². The largest absolute Gasteiger partial charge is 0.400 e. The third-order valence-electron chi connectivity index (χ3n) is 2.51. The summed E-state index contributed by atoms with van der Waals surface area (Å²) in [4.78, 5) is 0. The molecular weight excluding hydrogens is 144 g/mol. The minimum absolute atomic E-state index is 0.0938. The van der Waals surface area contributed by atoms with E-state index in [2.05, 4.69) is 20.8 Å². The van der Waals surface area contributed by atoms with Gasteiger partial charge in [-0.25, -0.2) is 0 Å². The number of hydrogen-bond donors (Lipinski definition) is 2. The van der Waals surface area contributed by atoms with Crippen LogP contribution < -0.4 is 0 Å². The highest BCUT2D eigenvalue weighted by Gasteiger charge is 2.38. The first kappa shape index (κ1) is 10.1. The fourth-order valence-electron chi connectivity index (χ4n) is 0.524. The molecule has 3 heteroatoms. The van der Waals surface area contributed by atoms with Crippen LogP contribution in [0.25, 0.3) is 0 Å². The third kappa shape index (κ3) is 1.81. The molecule has 0 radical (unpaired) electrons. The second kappa shape index (κ2) is 3.03. The minimum atomic E-state index is -1.79. The Bertz CT molecular complexity index is 103. The van der Waals surface area contributed by atoms with Crippen LogP contribution in [0.5, 0.6) is 0 Å². The number of aliphatic hydroxyl groups is 2. The molecule has 0 fully saturated rings. The van der Waals surface area contributed by atoms with Crippen LogP contribution in [0.3, 0.4) is 0 Å². The standard InChI is InChI=1S/C7H18O2Si/c1-7(2,3)10(4,5-8)6-9/h8-9H,5-6H2,1-4H3. The van der Waals surface area contributed by atoms with Gasteiger partial charge >= 0.3 is 0 Å². The summed E-state index contributed by atoms with van der Waals surface area (Å²) < 4.78 is 0. The first-order chi connectivity index (χ1) is 4.37. The maximum Gasteiger partial charge on any atom is 0.114 e. The van der Waals surface area contributed by atoms with Gasteiger partial charge in [-0.15, -0.1) is 0 Å². The fourth-order valence-corrected chi connectivity index (χ4v) is 1.57. The first-order valence-corrected chi connectivity index (χ1v) is 6.50. The highest BCUT2D eigenvalue weighted by molar-refractivity contribution is 6.81. The first-order valence-electron chi connectivity index (χ1n) is 3.59. The van der Waals surface area contributed by atoms with Gasteiger partial charge in [0, 0.05) is 12.5 Å². The van der Waals surface area contributed by atoms with Crippen LogP contribution in [-0.4, -0.2) is 30.7 Å². The van der Waals surface area contributed by atoms with Crippen molar-refractivity contribution >= 4 is 8.07 Å². The summed E-state index contributed by atoms with van der Waals surface area (Å²) in [6.45, 7) is 8.25. The van der Waals surface area contributed by atoms with Crippen molar-refractivity contribution in [1.29, 1.82) is 0 Å². The molecule has 62 valence electrons. The summed E-state index contributed by atoms with van der Waals surface area (Å²) in [7, 11) is -1.79. The molecule has 0 atom stereocenters. The summed E-state index contributed by atoms with van der Waals surface area (Å²) >= 11 is 0. The lowest BCUT2D eigenvalue weighted by atomic mass is 10.2. The Hall–Kier alpha value is 0.137. The molecular formula is C7H18O2Si. The van der Waals surface area contributed by atoms with Crippen molar-refractivity contribution in [2.45, 2.75) is 32.4 Å². The Morgan fingerprint density at radius 2 is 1.40 bits per heavy atom. The van der Waals surface area contributed by atoms with Crippen molar-refractivity contribution < 1.29 is 10.2 Å². The molecule has 2 N–H and O–H groups in total. The lowest BCUT2D eigenvalue weighted by Crippen LogP contribution is -2.48. The fraction of sp³-hybridized carbons (Fsp3) is 1.00. The molecule has 0 aromatic carbocycles. The van der Waals surface area contributed by atoms with E-state index in [-0.39, 0.29) is 17.5 Å². The van der Waals surface area contributed by atoms with E-state index >= 15 is 0 Å². The number of aliphatic hydroxyl groups excluding tert-OH is 2. The second-order valence-corrected chi connectivity index (χ2v) is 9.38. The molecule has 0 saturated heterocycles. The van der Waals surface area contributed by atoms with Crippen LogP contribution >= 0.6 is 0 Å². The second-order valence-electron chi connectivity index (χ2n) is 4.13. The van der Waals surface area contributed by atoms with Gasteiger partial charge < -0.3 is 10.2 Å². The van der Waals surface area contributed by atoms with E-state index in [0.717, 1.165) is 0 Å². The zero-order valence-electron chi connectivity index (χ0n) is 7.31. The normalized spacial score (nSPS) is 13.8. The van der Waals surface area contributed by atoms with Crippen LogP contribution in [0.2, 0.25) is 11.6 Å². The summed E-state index contributed by atoms with van der Waals surface area (Å²) in [6, 6.07) is 0. The van der Waals surface area contributed by atoms with Gasteiger partial charge in [0.1, 0.15) is 8.07 Å². The van der Waals surface area contributed by atoms with Crippen molar-refractivity contribution in [2.24, 2.45) is 0 Å². The zero-order chi connectivity index (χ0) is 8.41. The molecule has 0 aliphatic carbocycles. The SMILES string of the molecule is CC(C)(C)[Si](C)(CO)CO. The van der Waals surface area contributed by atoms with Crippen LogP contribution in [0.1, 0.15) is 20.8 Å². The molecule has 0 heterocycles. The van der Waals surface area contributed by atoms with Gasteiger partial charge in [-0.3, -0.25) is 0 Å². The minimum Gasteiger partial charge on any atom is -0.400 e. The Balaban J connectivity index is 4.33. The lowest BCUT2D eigenvalue weighted by Gasteiger charge is -2.36. The molecule has 0 bridgehead atoms. The molecule has 0 aliphatic heterocycles. The van der Waals surface area contributed by atoms with Crippen molar-refractivity contribution in [3.63, 3.8) is 0 Å². The van der Waals surface area contributed by atoms with Gasteiger partial charge in [-0.2, -0.15) is 0 Å². The lowest BCUT2D eigenvalue weighted by molar-refractivity contribution is 0.311. The highest BCUT2D eigenvalue weighted by Crippen LogP contribution is 2.34. The molecule has 0 unspecified atom stereocenters. The average Bonchev–Trinajstić information content (AvgIpc) is 1.84. The molecule has 10 heavy (non-hydrogen) atoms. The predicted octanol–water partition coefficient (Wildman–Crippen LogP) is 0.928. The summed E-state index contributed by atoms with van der Waals surface area (Å²) in [5, 5.41) is 18.1. The van der Waals surface area contributed by atoms with Crippen LogP contribution in [0, 0.1) is 0 Å². The highest BCUT2D eigenvalue weighted by atomic mass is 28.3. The monoisotopic (exact) mass is 162 g/mol. The van der Waals surface area contributed by atoms with Crippen LogP contribution in [0.15, 0.2) is 0 Å². The number of hydrogen-bond acceptors (Lipinski definition) is 2. The van der Waals surface area contributed by atoms with E-state index in [0.29, 0.717) is 0 Å². The van der Waals surface area contributed by atoms with E-state index in [1.54, 1.807) is 0 Å². The van der Waals surface area contributed by atoms with E-state index in [1.807, 2.05) is 6.55 Å². The van der Waals surface area contributed by atoms with E-state index in [4.69, 9.17) is 10.2 Å². The maximum absolute atomic E-state index is 9.02. The van der Waals surface area contributed by atoms with E-state index in [9.17, 15) is 0 Å². The van der Waals surface area contributed by atoms with Gasteiger partial charge in [0.05, 0.1) is 0 Å². The molecule has 0 spiro atoms. The van der Waals surface area contributed by atoms with Gasteiger partial charge in [-0.1, -0.05) is 27.3 Å². The summed E-state index contributed by atoms with van der Waals surface area (Å²) in [5.41, 5.74) is 0. The van der Waals surface area contributed by atoms with Crippen molar-refractivity contribution in [2.75, 3.05) is 12.5 Å². The van der Waals surface area contributed by atoms with Gasteiger partial charge in [0.25, 0.3) is 0 Å². The molecule has 0 amide bonds. The van der Waals surface area contributed by atoms with Gasteiger partial charge in [0.15, 0.2) is 0 Å². The Labute approximate surface area is 63.9 Å². The zero-order valence-corrected chi connectivity index (χ0v) is 8.31. The van der Waals surface area contributed by atoms with Gasteiger partial charge in [-0.05, 0) is 5.04 Å². The Kier molecular flexibility index (Phi) is 3.07. The third-order valence-corrected chi connectivity index (χ3v) is 7.53. The maximum atomic E-state index is 9.02. The summed E-state index contributed by atoms with van der Waals surface area (Å²) in [5.74, 6) is 0. The van der Waals surface area contributed by atoms with Crippen LogP contribution in [-0.2, 0) is 0 Å². The Morgan fingerprint density at radius 1 is 1.10 bits per heavy atom. The summed E-state index contributed by atoms with van der Waals surface area (Å²) in [6.07, 6.45) is 0.347. The molecule has 0 saturated carbocycles. The van der Waals surface area contributed by atoms with Crippen LogP contribution in [0.4, 0.5) is 0 Å². The van der Waals surface area contributed by atoms with E-state index in [1.165, 1.54) is 0 Å². The van der Waals surface area contributed by atoms with Crippen molar-refractivity contribution in [3.8, 4) is 0 Å². The molecule has 0 aliphatic rings. The topological polar surface area (TPSA) is 40.5 Å². The van der Waals surface area contributed by atoms with Crippen molar-refractivity contribution in [3.05, 3.63) is 0 Å².